The number of carbonyl (C=O) groups is 1. The van der Waals surface area contributed by atoms with Gasteiger partial charge in [-0.15, -0.1) is 0 Å². The number of rotatable bonds is 8. The van der Waals surface area contributed by atoms with Gasteiger partial charge in [-0.05, 0) is 67.5 Å². The highest BCUT2D eigenvalue weighted by Gasteiger charge is 2.37. The number of fused-ring (bicyclic) bond motifs is 1. The third-order valence-corrected chi connectivity index (χ3v) is 5.35. The molecule has 1 unspecified atom stereocenters. The van der Waals surface area contributed by atoms with E-state index in [1.165, 1.54) is 0 Å². The number of hydrogen-bond donors (Lipinski definition) is 0. The normalized spacial score (nSPS) is 16.9. The van der Waals surface area contributed by atoms with Crippen LogP contribution in [0, 0.1) is 5.92 Å². The van der Waals surface area contributed by atoms with Crippen LogP contribution in [0.25, 0.3) is 0 Å². The number of ether oxygens (including phenoxy) is 1. The van der Waals surface area contributed by atoms with Crippen LogP contribution in [0.5, 0.6) is 5.75 Å². The molecule has 3 rings (SSSR count). The first-order valence-corrected chi connectivity index (χ1v) is 10.4. The summed E-state index contributed by atoms with van der Waals surface area (Å²) in [6, 6.07) is 11.3. The molecular weight excluding hydrogens is 393 g/mol. The molecular formula is C23H27F3N2O2. The second-order valence-corrected chi connectivity index (χ2v) is 7.68. The van der Waals surface area contributed by atoms with Crippen LogP contribution in [0.1, 0.15) is 43.0 Å². The van der Waals surface area contributed by atoms with Crippen LogP contribution in [0.15, 0.2) is 42.6 Å². The summed E-state index contributed by atoms with van der Waals surface area (Å²) >= 11 is 0. The molecule has 0 saturated heterocycles. The van der Waals surface area contributed by atoms with Gasteiger partial charge in [-0.1, -0.05) is 19.1 Å². The molecule has 162 valence electrons. The van der Waals surface area contributed by atoms with E-state index in [-0.39, 0.29) is 6.54 Å². The molecule has 2 heterocycles. The molecule has 0 N–H and O–H groups in total. The predicted octanol–water partition coefficient (Wildman–Crippen LogP) is 4.96. The van der Waals surface area contributed by atoms with Crippen molar-refractivity contribution in [2.45, 2.75) is 51.7 Å². The summed E-state index contributed by atoms with van der Waals surface area (Å²) in [7, 11) is 0. The zero-order chi connectivity index (χ0) is 21.6. The summed E-state index contributed by atoms with van der Waals surface area (Å²) < 4.78 is 44.7. The summed E-state index contributed by atoms with van der Waals surface area (Å²) in [5, 5.41) is 0. The first kappa shape index (κ1) is 22.1. The van der Waals surface area contributed by atoms with Gasteiger partial charge < -0.3 is 9.64 Å². The van der Waals surface area contributed by atoms with E-state index in [0.717, 1.165) is 41.0 Å². The molecule has 0 bridgehead atoms. The second kappa shape index (κ2) is 9.96. The smallest absolute Gasteiger partial charge is 0.406 e. The molecule has 1 atom stereocenters. The number of nitrogens with zero attached hydrogens (tertiary/aromatic N) is 2. The highest BCUT2D eigenvalue weighted by Crippen LogP contribution is 2.30. The zero-order valence-corrected chi connectivity index (χ0v) is 17.1. The average molecular weight is 420 g/mol. The Morgan fingerprint density at radius 1 is 1.17 bits per heavy atom. The fraction of sp³-hybridized carbons (Fsp3) is 0.478. The van der Waals surface area contributed by atoms with Gasteiger partial charge >= 0.3 is 6.18 Å². The lowest BCUT2D eigenvalue weighted by Gasteiger charge is -2.25. The highest BCUT2D eigenvalue weighted by molar-refractivity contribution is 5.80. The Bertz CT molecular complexity index is 840. The average Bonchev–Trinajstić information content (AvgIpc) is 2.83. The lowest BCUT2D eigenvalue weighted by atomic mass is 9.95. The molecule has 0 aliphatic carbocycles. The van der Waals surface area contributed by atoms with Crippen LogP contribution < -0.4 is 4.74 Å². The minimum absolute atomic E-state index is 0.0406. The number of alkyl halides is 3. The SMILES string of the molecule is CCC1Cc2ccc(OCCCCc3ccccn3)cc2CN(CC(F)(F)F)C1=O. The fourth-order valence-electron chi connectivity index (χ4n) is 3.75. The quantitative estimate of drug-likeness (QED) is 0.567. The van der Waals surface area contributed by atoms with Crippen LogP contribution in [-0.4, -0.2) is 35.1 Å². The number of amides is 1. The van der Waals surface area contributed by atoms with E-state index < -0.39 is 24.5 Å². The van der Waals surface area contributed by atoms with Crippen molar-refractivity contribution in [3.05, 3.63) is 59.4 Å². The molecule has 1 amide bonds. The first-order chi connectivity index (χ1) is 14.4. The van der Waals surface area contributed by atoms with Crippen molar-refractivity contribution in [3.8, 4) is 5.75 Å². The van der Waals surface area contributed by atoms with Gasteiger partial charge in [0.25, 0.3) is 0 Å². The van der Waals surface area contributed by atoms with Crippen LogP contribution in [-0.2, 0) is 24.2 Å². The lowest BCUT2D eigenvalue weighted by Crippen LogP contribution is -2.40. The molecule has 2 aromatic rings. The molecule has 0 saturated carbocycles. The third kappa shape index (κ3) is 6.21. The van der Waals surface area contributed by atoms with E-state index in [0.29, 0.717) is 25.2 Å². The largest absolute Gasteiger partial charge is 0.494 e. The summed E-state index contributed by atoms with van der Waals surface area (Å²) in [4.78, 5) is 17.8. The van der Waals surface area contributed by atoms with Crippen LogP contribution in [0.3, 0.4) is 0 Å². The Labute approximate surface area is 175 Å². The van der Waals surface area contributed by atoms with Crippen molar-refractivity contribution in [1.29, 1.82) is 0 Å². The van der Waals surface area contributed by atoms with E-state index in [1.54, 1.807) is 12.3 Å². The molecule has 4 nitrogen and oxygen atoms in total. The third-order valence-electron chi connectivity index (χ3n) is 5.35. The standard InChI is InChI=1S/C23H27F3N2O2/c1-2-17-13-18-9-10-21(30-12-6-4-8-20-7-3-5-11-27-20)14-19(18)15-28(22(17)29)16-23(24,25)26/h3,5,7,9-11,14,17H,2,4,6,8,12-13,15-16H2,1H3. The monoisotopic (exact) mass is 420 g/mol. The summed E-state index contributed by atoms with van der Waals surface area (Å²) in [6.45, 7) is 1.09. The molecule has 0 spiro atoms. The topological polar surface area (TPSA) is 42.4 Å². The van der Waals surface area contributed by atoms with E-state index in [1.807, 2.05) is 37.3 Å². The Balaban J connectivity index is 1.60. The zero-order valence-electron chi connectivity index (χ0n) is 17.1. The van der Waals surface area contributed by atoms with Crippen LogP contribution >= 0.6 is 0 Å². The predicted molar refractivity (Wildman–Crippen MR) is 108 cm³/mol. The summed E-state index contributed by atoms with van der Waals surface area (Å²) in [6.07, 6.45) is 1.00. The molecule has 30 heavy (non-hydrogen) atoms. The Hall–Kier alpha value is -2.57. The van der Waals surface area contributed by atoms with Gasteiger partial charge in [0, 0.05) is 24.4 Å². The Kier molecular flexibility index (Phi) is 7.34. The molecule has 1 aliphatic rings. The van der Waals surface area contributed by atoms with E-state index in [4.69, 9.17) is 4.74 Å². The van der Waals surface area contributed by atoms with Crippen LogP contribution in [0.2, 0.25) is 0 Å². The maximum absolute atomic E-state index is 13.0. The van der Waals surface area contributed by atoms with Gasteiger partial charge in [-0.25, -0.2) is 0 Å². The van der Waals surface area contributed by atoms with E-state index >= 15 is 0 Å². The van der Waals surface area contributed by atoms with Gasteiger partial charge in [0.05, 0.1) is 6.61 Å². The van der Waals surface area contributed by atoms with Crippen molar-refractivity contribution >= 4 is 5.91 Å². The second-order valence-electron chi connectivity index (χ2n) is 7.68. The number of pyridine rings is 1. The van der Waals surface area contributed by atoms with E-state index in [9.17, 15) is 18.0 Å². The van der Waals surface area contributed by atoms with Crippen molar-refractivity contribution < 1.29 is 22.7 Å². The minimum atomic E-state index is -4.42. The van der Waals surface area contributed by atoms with E-state index in [2.05, 4.69) is 4.98 Å². The molecule has 1 aromatic heterocycles. The van der Waals surface area contributed by atoms with Crippen molar-refractivity contribution in [2.75, 3.05) is 13.2 Å². The molecule has 1 aliphatic heterocycles. The van der Waals surface area contributed by atoms with Crippen LogP contribution in [0.4, 0.5) is 13.2 Å². The van der Waals surface area contributed by atoms with Gasteiger partial charge in [0.1, 0.15) is 12.3 Å². The number of benzene rings is 1. The number of carbonyl (C=O) groups excluding carboxylic acids is 1. The number of unbranched alkanes of at least 4 members (excludes halogenated alkanes) is 1. The summed E-state index contributed by atoms with van der Waals surface area (Å²) in [5.74, 6) is -0.226. The van der Waals surface area contributed by atoms with Gasteiger partial charge in [0.2, 0.25) is 5.91 Å². The molecule has 0 radical (unpaired) electrons. The highest BCUT2D eigenvalue weighted by atomic mass is 19.4. The minimum Gasteiger partial charge on any atom is -0.494 e. The van der Waals surface area contributed by atoms with Crippen molar-refractivity contribution in [2.24, 2.45) is 5.92 Å². The maximum atomic E-state index is 13.0. The lowest BCUT2D eigenvalue weighted by molar-refractivity contribution is -0.164. The van der Waals surface area contributed by atoms with Gasteiger partial charge in [-0.3, -0.25) is 9.78 Å². The maximum Gasteiger partial charge on any atom is 0.406 e. The Morgan fingerprint density at radius 2 is 2.00 bits per heavy atom. The first-order valence-electron chi connectivity index (χ1n) is 10.4. The Morgan fingerprint density at radius 3 is 2.70 bits per heavy atom. The fourth-order valence-corrected chi connectivity index (χ4v) is 3.75. The van der Waals surface area contributed by atoms with Crippen molar-refractivity contribution in [3.63, 3.8) is 0 Å². The number of aromatic nitrogens is 1. The number of aryl methyl sites for hydroxylation is 1. The van der Waals surface area contributed by atoms with Gasteiger partial charge in [0.15, 0.2) is 0 Å². The number of halogens is 3. The summed E-state index contributed by atoms with van der Waals surface area (Å²) in [5.41, 5.74) is 2.69. The molecule has 0 fully saturated rings. The van der Waals surface area contributed by atoms with Gasteiger partial charge in [-0.2, -0.15) is 13.2 Å². The molecule has 7 heteroatoms. The molecule has 1 aromatic carbocycles. The van der Waals surface area contributed by atoms with Crippen molar-refractivity contribution in [1.82, 2.24) is 9.88 Å². The number of hydrogen-bond acceptors (Lipinski definition) is 3.